The number of imidazole rings is 1. The second kappa shape index (κ2) is 8.26. The molecule has 2 aromatic carbocycles. The molecule has 0 aliphatic rings. The number of hydrogen-bond donors (Lipinski definition) is 1. The molecule has 2 heterocycles. The van der Waals surface area contributed by atoms with Crippen molar-refractivity contribution in [3.8, 4) is 11.3 Å². The van der Waals surface area contributed by atoms with Crippen molar-refractivity contribution in [1.82, 2.24) is 13.7 Å². The third-order valence-electron chi connectivity index (χ3n) is 5.05. The highest BCUT2D eigenvalue weighted by atomic mass is 32.2. The molecule has 0 bridgehead atoms. The van der Waals surface area contributed by atoms with E-state index in [4.69, 9.17) is 0 Å². The summed E-state index contributed by atoms with van der Waals surface area (Å²) in [7, 11) is -2.04. The molecule has 1 N–H and O–H groups in total. The van der Waals surface area contributed by atoms with Gasteiger partial charge in [-0.05, 0) is 50.2 Å². The number of aromatic nitrogens is 2. The minimum atomic E-state index is -3.58. The molecular formula is C22H22N4O3S2. The van der Waals surface area contributed by atoms with E-state index in [1.165, 1.54) is 35.6 Å². The van der Waals surface area contributed by atoms with Crippen molar-refractivity contribution in [3.63, 3.8) is 0 Å². The second-order valence-electron chi connectivity index (χ2n) is 7.39. The number of anilines is 1. The average molecular weight is 455 g/mol. The Balaban J connectivity index is 1.46. The van der Waals surface area contributed by atoms with Gasteiger partial charge in [0, 0.05) is 47.7 Å². The van der Waals surface area contributed by atoms with Crippen molar-refractivity contribution in [2.75, 3.05) is 12.4 Å². The number of sulfonamides is 1. The maximum atomic E-state index is 12.6. The van der Waals surface area contributed by atoms with Crippen LogP contribution in [-0.4, -0.2) is 41.1 Å². The standard InChI is InChI=1S/C22H22N4O3S2/c1-15(2)25(3)31(28,29)19-10-6-17(7-11-19)21(27)23-18-8-4-16(5-9-18)20-14-26-12-13-30-22(26)24-20/h4-15H,1-3H3,(H,23,27). The van der Waals surface area contributed by atoms with E-state index in [1.54, 1.807) is 25.2 Å². The molecule has 0 radical (unpaired) electrons. The van der Waals surface area contributed by atoms with Crippen molar-refractivity contribution in [2.45, 2.75) is 24.8 Å². The van der Waals surface area contributed by atoms with Crippen molar-refractivity contribution in [3.05, 3.63) is 71.9 Å². The first kappa shape index (κ1) is 21.2. The lowest BCUT2D eigenvalue weighted by atomic mass is 10.1. The first-order valence-electron chi connectivity index (χ1n) is 9.68. The van der Waals surface area contributed by atoms with Crippen LogP contribution in [0.25, 0.3) is 16.2 Å². The zero-order valence-corrected chi connectivity index (χ0v) is 18.9. The van der Waals surface area contributed by atoms with Crippen LogP contribution in [0.1, 0.15) is 24.2 Å². The monoisotopic (exact) mass is 454 g/mol. The summed E-state index contributed by atoms with van der Waals surface area (Å²) in [6, 6.07) is 13.2. The van der Waals surface area contributed by atoms with Gasteiger partial charge >= 0.3 is 0 Å². The fourth-order valence-corrected chi connectivity index (χ4v) is 5.08. The van der Waals surface area contributed by atoms with Crippen LogP contribution in [0.4, 0.5) is 5.69 Å². The van der Waals surface area contributed by atoms with Crippen LogP contribution in [0.15, 0.2) is 71.2 Å². The van der Waals surface area contributed by atoms with E-state index in [-0.39, 0.29) is 16.8 Å². The third-order valence-corrected chi connectivity index (χ3v) is 7.87. The molecular weight excluding hydrogens is 432 g/mol. The first-order chi connectivity index (χ1) is 14.8. The molecule has 4 aromatic rings. The minimum absolute atomic E-state index is 0.157. The zero-order valence-electron chi connectivity index (χ0n) is 17.3. The van der Waals surface area contributed by atoms with E-state index >= 15 is 0 Å². The van der Waals surface area contributed by atoms with Crippen LogP contribution in [0.3, 0.4) is 0 Å². The summed E-state index contributed by atoms with van der Waals surface area (Å²) in [5, 5.41) is 4.82. The normalized spacial score (nSPS) is 12.0. The summed E-state index contributed by atoms with van der Waals surface area (Å²) in [6.45, 7) is 3.61. The van der Waals surface area contributed by atoms with Gasteiger partial charge in [-0.2, -0.15) is 4.31 Å². The zero-order chi connectivity index (χ0) is 22.2. The number of nitrogens with one attached hydrogen (secondary N) is 1. The van der Waals surface area contributed by atoms with Crippen molar-refractivity contribution in [2.24, 2.45) is 0 Å². The second-order valence-corrected chi connectivity index (χ2v) is 10.3. The van der Waals surface area contributed by atoms with Gasteiger partial charge in [0.1, 0.15) is 0 Å². The predicted molar refractivity (Wildman–Crippen MR) is 123 cm³/mol. The number of fused-ring (bicyclic) bond motifs is 1. The maximum absolute atomic E-state index is 12.6. The van der Waals surface area contributed by atoms with Gasteiger partial charge in [-0.1, -0.05) is 12.1 Å². The largest absolute Gasteiger partial charge is 0.322 e. The number of amides is 1. The first-order valence-corrected chi connectivity index (χ1v) is 12.0. The molecule has 0 atom stereocenters. The number of carbonyl (C=O) groups is 1. The summed E-state index contributed by atoms with van der Waals surface area (Å²) in [4.78, 5) is 18.2. The Morgan fingerprint density at radius 1 is 1.10 bits per heavy atom. The lowest BCUT2D eigenvalue weighted by Gasteiger charge is -2.21. The molecule has 0 aliphatic heterocycles. The Hall–Kier alpha value is -3.01. The van der Waals surface area contributed by atoms with Gasteiger partial charge in [0.05, 0.1) is 10.6 Å². The Kier molecular flexibility index (Phi) is 5.65. The summed E-state index contributed by atoms with van der Waals surface area (Å²) in [6.07, 6.45) is 3.92. The molecule has 0 spiro atoms. The summed E-state index contributed by atoms with van der Waals surface area (Å²) >= 11 is 1.57. The topological polar surface area (TPSA) is 83.8 Å². The highest BCUT2D eigenvalue weighted by molar-refractivity contribution is 7.89. The van der Waals surface area contributed by atoms with Gasteiger partial charge < -0.3 is 5.32 Å². The highest BCUT2D eigenvalue weighted by Gasteiger charge is 2.23. The van der Waals surface area contributed by atoms with Crippen LogP contribution < -0.4 is 5.32 Å². The van der Waals surface area contributed by atoms with E-state index in [1.807, 2.05) is 46.4 Å². The molecule has 0 saturated heterocycles. The molecule has 0 fully saturated rings. The summed E-state index contributed by atoms with van der Waals surface area (Å²) in [5.41, 5.74) is 2.85. The van der Waals surface area contributed by atoms with Crippen LogP contribution in [0, 0.1) is 0 Å². The van der Waals surface area contributed by atoms with Gasteiger partial charge in [-0.15, -0.1) is 11.3 Å². The number of thiazole rings is 1. The third kappa shape index (κ3) is 4.25. The van der Waals surface area contributed by atoms with Crippen molar-refractivity contribution >= 4 is 37.9 Å². The van der Waals surface area contributed by atoms with Crippen LogP contribution >= 0.6 is 11.3 Å². The summed E-state index contributed by atoms with van der Waals surface area (Å²) in [5.74, 6) is -0.309. The smallest absolute Gasteiger partial charge is 0.255 e. The van der Waals surface area contributed by atoms with Crippen LogP contribution in [-0.2, 0) is 10.0 Å². The Morgan fingerprint density at radius 2 is 1.77 bits per heavy atom. The fourth-order valence-electron chi connectivity index (χ4n) is 3.02. The van der Waals surface area contributed by atoms with E-state index in [0.717, 1.165) is 16.2 Å². The number of rotatable bonds is 6. The molecule has 7 nitrogen and oxygen atoms in total. The SMILES string of the molecule is CC(C)N(C)S(=O)(=O)c1ccc(C(=O)Nc2ccc(-c3cn4ccsc4n3)cc2)cc1. The van der Waals surface area contributed by atoms with Gasteiger partial charge in [-0.25, -0.2) is 13.4 Å². The molecule has 0 saturated carbocycles. The molecule has 160 valence electrons. The van der Waals surface area contributed by atoms with Gasteiger partial charge in [0.2, 0.25) is 10.0 Å². The molecule has 31 heavy (non-hydrogen) atoms. The Labute approximate surface area is 185 Å². The van der Waals surface area contributed by atoms with Gasteiger partial charge in [0.15, 0.2) is 4.96 Å². The number of benzene rings is 2. The summed E-state index contributed by atoms with van der Waals surface area (Å²) < 4.78 is 28.4. The Bertz CT molecular complexity index is 1290. The van der Waals surface area contributed by atoms with E-state index < -0.39 is 10.0 Å². The van der Waals surface area contributed by atoms with Gasteiger partial charge in [-0.3, -0.25) is 9.20 Å². The molecule has 0 unspecified atom stereocenters. The average Bonchev–Trinajstić information content (AvgIpc) is 3.36. The molecule has 4 rings (SSSR count). The van der Waals surface area contributed by atoms with E-state index in [0.29, 0.717) is 11.3 Å². The predicted octanol–water partition coefficient (Wildman–Crippen LogP) is 4.34. The fraction of sp³-hybridized carbons (Fsp3) is 0.182. The lowest BCUT2D eigenvalue weighted by Crippen LogP contribution is -2.33. The quantitative estimate of drug-likeness (QED) is 0.470. The van der Waals surface area contributed by atoms with Crippen molar-refractivity contribution in [1.29, 1.82) is 0 Å². The van der Waals surface area contributed by atoms with Crippen LogP contribution in [0.2, 0.25) is 0 Å². The molecule has 1 amide bonds. The van der Waals surface area contributed by atoms with Gasteiger partial charge in [0.25, 0.3) is 5.91 Å². The van der Waals surface area contributed by atoms with Crippen LogP contribution in [0.5, 0.6) is 0 Å². The molecule has 2 aromatic heterocycles. The van der Waals surface area contributed by atoms with E-state index in [2.05, 4.69) is 10.3 Å². The lowest BCUT2D eigenvalue weighted by molar-refractivity contribution is 0.102. The maximum Gasteiger partial charge on any atom is 0.255 e. The highest BCUT2D eigenvalue weighted by Crippen LogP contribution is 2.23. The van der Waals surface area contributed by atoms with Crippen molar-refractivity contribution < 1.29 is 13.2 Å². The molecule has 9 heteroatoms. The number of hydrogen-bond acceptors (Lipinski definition) is 5. The molecule has 0 aliphatic carbocycles. The number of nitrogens with zero attached hydrogens (tertiary/aromatic N) is 3. The minimum Gasteiger partial charge on any atom is -0.322 e. The number of carbonyl (C=O) groups excluding carboxylic acids is 1. The van der Waals surface area contributed by atoms with E-state index in [9.17, 15) is 13.2 Å². The Morgan fingerprint density at radius 3 is 2.39 bits per heavy atom.